The molecule has 1 N–H and O–H groups in total. The smallest absolute Gasteiger partial charge is 0.415 e. The first-order chi connectivity index (χ1) is 22.8. The SMILES string of the molecule is COc1ccc2[nH]c(-c3ccccc3)c(/C=C3/Oc4cc(OC(=O)N(C(C)C)C(C)C)cc(OC(=O)N(C(C)C)C(C)C)c4C3=O)c2c1. The van der Waals surface area contributed by atoms with Crippen molar-refractivity contribution in [2.75, 3.05) is 7.11 Å². The number of hydrogen-bond acceptors (Lipinski definition) is 7. The Balaban J connectivity index is 1.63. The van der Waals surface area contributed by atoms with Crippen LogP contribution in [0, 0.1) is 0 Å². The van der Waals surface area contributed by atoms with Gasteiger partial charge in [-0.25, -0.2) is 9.59 Å². The van der Waals surface area contributed by atoms with E-state index in [1.807, 2.05) is 104 Å². The number of benzene rings is 3. The van der Waals surface area contributed by atoms with Crippen molar-refractivity contribution in [3.63, 3.8) is 0 Å². The summed E-state index contributed by atoms with van der Waals surface area (Å²) in [6.45, 7) is 15.1. The van der Waals surface area contributed by atoms with E-state index in [1.54, 1.807) is 23.0 Å². The maximum atomic E-state index is 14.1. The van der Waals surface area contributed by atoms with Gasteiger partial charge in [0, 0.05) is 52.8 Å². The quantitative estimate of drug-likeness (QED) is 0.180. The highest BCUT2D eigenvalue weighted by atomic mass is 16.6. The summed E-state index contributed by atoms with van der Waals surface area (Å²) in [4.78, 5) is 47.5. The van der Waals surface area contributed by atoms with Crippen molar-refractivity contribution in [2.24, 2.45) is 0 Å². The van der Waals surface area contributed by atoms with Gasteiger partial charge in [0.15, 0.2) is 11.5 Å². The van der Waals surface area contributed by atoms with Gasteiger partial charge in [-0.15, -0.1) is 0 Å². The third kappa shape index (κ3) is 6.74. The zero-order valence-electron chi connectivity index (χ0n) is 28.9. The van der Waals surface area contributed by atoms with Crippen molar-refractivity contribution in [3.05, 3.63) is 77.5 Å². The molecule has 1 aliphatic heterocycles. The maximum Gasteiger partial charge on any atom is 0.415 e. The van der Waals surface area contributed by atoms with E-state index in [9.17, 15) is 14.4 Å². The largest absolute Gasteiger partial charge is 0.497 e. The average Bonchev–Trinajstić information content (AvgIpc) is 3.53. The first-order valence-corrected chi connectivity index (χ1v) is 16.2. The van der Waals surface area contributed by atoms with Gasteiger partial charge in [-0.1, -0.05) is 30.3 Å². The van der Waals surface area contributed by atoms with E-state index < -0.39 is 18.0 Å². The number of methoxy groups -OCH3 is 1. The first-order valence-electron chi connectivity index (χ1n) is 16.2. The number of fused-ring (bicyclic) bond motifs is 2. The number of amides is 2. The fraction of sp³-hybridized carbons (Fsp3) is 0.342. The molecule has 10 nitrogen and oxygen atoms in total. The highest BCUT2D eigenvalue weighted by Gasteiger charge is 2.36. The minimum atomic E-state index is -0.642. The van der Waals surface area contributed by atoms with E-state index in [-0.39, 0.29) is 52.7 Å². The number of Topliss-reactive ketones (excluding diaryl/α,β-unsaturated/α-hetero) is 1. The van der Waals surface area contributed by atoms with Crippen LogP contribution < -0.4 is 18.9 Å². The predicted molar refractivity (Wildman–Crippen MR) is 186 cm³/mol. The second kappa shape index (κ2) is 13.9. The normalized spacial score (nSPS) is 13.4. The number of ether oxygens (including phenoxy) is 4. The number of nitrogens with one attached hydrogen (secondary N) is 1. The van der Waals surface area contributed by atoms with Crippen LogP contribution in [0.5, 0.6) is 23.0 Å². The zero-order chi connectivity index (χ0) is 34.9. The van der Waals surface area contributed by atoms with Crippen LogP contribution in [0.2, 0.25) is 0 Å². The molecule has 0 fully saturated rings. The number of H-pyrrole nitrogens is 1. The number of allylic oxidation sites excluding steroid dienone is 1. The summed E-state index contributed by atoms with van der Waals surface area (Å²) in [5.41, 5.74) is 3.31. The fourth-order valence-corrected chi connectivity index (χ4v) is 6.16. The third-order valence-electron chi connectivity index (χ3n) is 8.14. The van der Waals surface area contributed by atoms with E-state index in [0.717, 1.165) is 22.2 Å². The van der Waals surface area contributed by atoms with Gasteiger partial charge < -0.3 is 33.7 Å². The van der Waals surface area contributed by atoms with Gasteiger partial charge in [-0.2, -0.15) is 0 Å². The Labute approximate surface area is 281 Å². The van der Waals surface area contributed by atoms with Crippen molar-refractivity contribution < 1.29 is 33.3 Å². The minimum absolute atomic E-state index is 0.0160. The van der Waals surface area contributed by atoms with Crippen molar-refractivity contribution >= 4 is 34.9 Å². The summed E-state index contributed by atoms with van der Waals surface area (Å²) in [5.74, 6) is 0.309. The molecule has 0 radical (unpaired) electrons. The Kier molecular flexibility index (Phi) is 9.84. The maximum absolute atomic E-state index is 14.1. The lowest BCUT2D eigenvalue weighted by Gasteiger charge is -2.30. The van der Waals surface area contributed by atoms with Gasteiger partial charge >= 0.3 is 12.2 Å². The summed E-state index contributed by atoms with van der Waals surface area (Å²) >= 11 is 0. The number of ketones is 1. The Morgan fingerprint density at radius 3 is 1.96 bits per heavy atom. The van der Waals surface area contributed by atoms with Gasteiger partial charge in [-0.05, 0) is 85.2 Å². The van der Waals surface area contributed by atoms with Crippen LogP contribution in [-0.4, -0.2) is 64.0 Å². The zero-order valence-corrected chi connectivity index (χ0v) is 28.9. The molecule has 10 heteroatoms. The van der Waals surface area contributed by atoms with Gasteiger partial charge in [-0.3, -0.25) is 4.79 Å². The van der Waals surface area contributed by atoms with Crippen molar-refractivity contribution in [1.82, 2.24) is 14.8 Å². The van der Waals surface area contributed by atoms with Gasteiger partial charge in [0.2, 0.25) is 5.78 Å². The van der Waals surface area contributed by atoms with Crippen LogP contribution in [0.3, 0.4) is 0 Å². The second-order valence-electron chi connectivity index (χ2n) is 12.9. The Bertz CT molecular complexity index is 1860. The molecule has 4 aromatic rings. The monoisotopic (exact) mass is 653 g/mol. The molecule has 0 spiro atoms. The molecule has 0 saturated heterocycles. The van der Waals surface area contributed by atoms with E-state index in [2.05, 4.69) is 4.98 Å². The van der Waals surface area contributed by atoms with Crippen LogP contribution in [0.1, 0.15) is 71.3 Å². The number of aromatic nitrogens is 1. The molecule has 0 atom stereocenters. The highest BCUT2D eigenvalue weighted by Crippen LogP contribution is 2.43. The second-order valence-corrected chi connectivity index (χ2v) is 12.9. The summed E-state index contributed by atoms with van der Waals surface area (Å²) in [6, 6.07) is 17.7. The molecule has 2 amide bonds. The van der Waals surface area contributed by atoms with Crippen molar-refractivity contribution in [1.29, 1.82) is 0 Å². The number of aromatic amines is 1. The Morgan fingerprint density at radius 2 is 1.38 bits per heavy atom. The predicted octanol–water partition coefficient (Wildman–Crippen LogP) is 8.69. The van der Waals surface area contributed by atoms with Gasteiger partial charge in [0.1, 0.15) is 22.8 Å². The highest BCUT2D eigenvalue weighted by molar-refractivity contribution is 6.17. The van der Waals surface area contributed by atoms with Crippen molar-refractivity contribution in [3.8, 4) is 34.3 Å². The topological polar surface area (TPSA) is 110 Å². The van der Waals surface area contributed by atoms with Gasteiger partial charge in [0.05, 0.1) is 12.8 Å². The van der Waals surface area contributed by atoms with Crippen LogP contribution in [0.25, 0.3) is 28.2 Å². The molecular formula is C38H43N3O7. The third-order valence-corrected chi connectivity index (χ3v) is 8.14. The molecule has 0 bridgehead atoms. The summed E-state index contributed by atoms with van der Waals surface area (Å²) in [5, 5.41) is 0.821. The van der Waals surface area contributed by atoms with E-state index in [0.29, 0.717) is 11.3 Å². The number of nitrogens with zero attached hydrogens (tertiary/aromatic N) is 2. The van der Waals surface area contributed by atoms with Crippen molar-refractivity contribution in [2.45, 2.75) is 79.6 Å². The molecule has 3 aromatic carbocycles. The first kappa shape index (κ1) is 34.1. The van der Waals surface area contributed by atoms with Crippen LogP contribution in [-0.2, 0) is 0 Å². The number of carbonyl (C=O) groups excluding carboxylic acids is 3. The molecule has 252 valence electrons. The summed E-state index contributed by atoms with van der Waals surface area (Å²) in [7, 11) is 1.60. The summed E-state index contributed by atoms with van der Waals surface area (Å²) in [6.07, 6.45) is 0.453. The Hall–Kier alpha value is -5.25. The molecule has 1 aromatic heterocycles. The van der Waals surface area contributed by atoms with Crippen LogP contribution >= 0.6 is 0 Å². The van der Waals surface area contributed by atoms with E-state index in [1.165, 1.54) is 12.1 Å². The minimum Gasteiger partial charge on any atom is -0.497 e. The Morgan fingerprint density at radius 1 is 0.771 bits per heavy atom. The molecule has 0 aliphatic carbocycles. The van der Waals surface area contributed by atoms with Crippen LogP contribution in [0.4, 0.5) is 9.59 Å². The van der Waals surface area contributed by atoms with Crippen LogP contribution in [0.15, 0.2) is 66.4 Å². The lowest BCUT2D eigenvalue weighted by Crippen LogP contribution is -2.44. The number of carbonyl (C=O) groups is 3. The number of rotatable bonds is 9. The fourth-order valence-electron chi connectivity index (χ4n) is 6.16. The lowest BCUT2D eigenvalue weighted by atomic mass is 10.0. The van der Waals surface area contributed by atoms with E-state index in [4.69, 9.17) is 18.9 Å². The standard InChI is InChI=1S/C38H43N3O7/c1-21(2)40(22(3)4)37(43)46-27-18-31-34(32(19-27)48-38(44)41(23(5)6)24(7)8)36(42)33(47-31)20-29-28-17-26(45-9)15-16-30(28)39-35(29)25-13-11-10-12-14-25/h10-24,39H,1-9H3/b33-20+. The molecule has 1 aliphatic rings. The molecule has 5 rings (SSSR count). The lowest BCUT2D eigenvalue weighted by molar-refractivity contribution is 0.101. The number of hydrogen-bond donors (Lipinski definition) is 1. The van der Waals surface area contributed by atoms with Gasteiger partial charge in [0.25, 0.3) is 0 Å². The molecule has 0 saturated carbocycles. The average molecular weight is 654 g/mol. The molecular weight excluding hydrogens is 610 g/mol. The molecule has 2 heterocycles. The molecule has 0 unspecified atom stereocenters. The van der Waals surface area contributed by atoms with E-state index >= 15 is 0 Å². The summed E-state index contributed by atoms with van der Waals surface area (Å²) < 4.78 is 23.4. The molecule has 48 heavy (non-hydrogen) atoms.